The molecule has 2 N–H and O–H groups in total. The number of anilines is 1. The van der Waals surface area contributed by atoms with Gasteiger partial charge in [-0.3, -0.25) is 4.72 Å². The van der Waals surface area contributed by atoms with Crippen molar-refractivity contribution in [2.75, 3.05) is 37.9 Å². The van der Waals surface area contributed by atoms with Crippen LogP contribution in [0.2, 0.25) is 10.0 Å². The predicted molar refractivity (Wildman–Crippen MR) is 120 cm³/mol. The summed E-state index contributed by atoms with van der Waals surface area (Å²) in [4.78, 5) is 6.57. The zero-order valence-electron chi connectivity index (χ0n) is 15.7. The van der Waals surface area contributed by atoms with Crippen LogP contribution in [0.25, 0.3) is 10.9 Å². The monoisotopic (exact) mass is 470 g/mol. The predicted octanol–water partition coefficient (Wildman–Crippen LogP) is 3.88. The van der Waals surface area contributed by atoms with Crippen molar-refractivity contribution in [3.05, 3.63) is 52.6 Å². The molecule has 1 aromatic heterocycles. The first-order chi connectivity index (χ1) is 13.9. The van der Waals surface area contributed by atoms with Crippen molar-refractivity contribution in [2.45, 2.75) is 9.79 Å². The van der Waals surface area contributed by atoms with Crippen LogP contribution in [0.1, 0.15) is 0 Å². The summed E-state index contributed by atoms with van der Waals surface area (Å²) in [6, 6.07) is 10.5. The fourth-order valence-electron chi connectivity index (χ4n) is 3.19. The van der Waals surface area contributed by atoms with Gasteiger partial charge in [-0.25, -0.2) is 12.7 Å². The van der Waals surface area contributed by atoms with Gasteiger partial charge in [0.15, 0.2) is 0 Å². The summed E-state index contributed by atoms with van der Waals surface area (Å²) in [6.45, 7) is 3.33. The van der Waals surface area contributed by atoms with Gasteiger partial charge in [-0.1, -0.05) is 23.2 Å². The molecule has 1 fully saturated rings. The quantitative estimate of drug-likeness (QED) is 0.594. The lowest BCUT2D eigenvalue weighted by Crippen LogP contribution is -2.45. The Hall–Kier alpha value is -1.42. The second kappa shape index (κ2) is 8.75. The van der Waals surface area contributed by atoms with E-state index in [0.29, 0.717) is 36.4 Å². The number of fused-ring (bicyclic) bond motifs is 1. The lowest BCUT2D eigenvalue weighted by Gasteiger charge is -2.31. The molecule has 0 saturated carbocycles. The van der Waals surface area contributed by atoms with Gasteiger partial charge < -0.3 is 9.88 Å². The minimum Gasteiger partial charge on any atom is -0.358 e. The van der Waals surface area contributed by atoms with E-state index in [9.17, 15) is 8.42 Å². The molecular weight excluding hydrogens is 451 g/mol. The molecule has 0 aliphatic carbocycles. The lowest BCUT2D eigenvalue weighted by atomic mass is 10.2. The Balaban J connectivity index is 1.49. The van der Waals surface area contributed by atoms with E-state index in [1.54, 1.807) is 42.6 Å². The molecule has 0 spiro atoms. The van der Waals surface area contributed by atoms with Gasteiger partial charge in [0, 0.05) is 37.8 Å². The molecule has 4 rings (SSSR count). The van der Waals surface area contributed by atoms with Crippen molar-refractivity contribution in [1.29, 1.82) is 0 Å². The number of halogens is 2. The molecule has 1 aliphatic heterocycles. The first-order valence-electron chi connectivity index (χ1n) is 9.03. The zero-order valence-corrected chi connectivity index (χ0v) is 18.8. The van der Waals surface area contributed by atoms with Crippen LogP contribution >= 0.6 is 23.2 Å². The third-order valence-electron chi connectivity index (χ3n) is 4.88. The van der Waals surface area contributed by atoms with E-state index in [-0.39, 0.29) is 0 Å². The van der Waals surface area contributed by atoms with Crippen LogP contribution in [0.5, 0.6) is 0 Å². The normalized spacial score (nSPS) is 18.0. The van der Waals surface area contributed by atoms with Crippen molar-refractivity contribution in [2.24, 2.45) is 0 Å². The Morgan fingerprint density at radius 3 is 2.28 bits per heavy atom. The zero-order chi connectivity index (χ0) is 20.5. The van der Waals surface area contributed by atoms with E-state index in [1.165, 1.54) is 0 Å². The van der Waals surface area contributed by atoms with Gasteiger partial charge >= 0.3 is 0 Å². The topological polar surface area (TPSA) is 68.4 Å². The fourth-order valence-corrected chi connectivity index (χ4v) is 5.79. The van der Waals surface area contributed by atoms with E-state index < -0.39 is 22.0 Å². The van der Waals surface area contributed by atoms with Crippen molar-refractivity contribution < 1.29 is 8.42 Å². The number of likely N-dealkylation sites (N-methyl/N-ethyl adjacent to an activating group) is 1. The molecule has 0 radical (unpaired) electrons. The SMILES string of the molecule is CN1CCN(S(=O)c2ccc(S(=O)Nc3ccc(Cl)c4c(Cl)c[nH]c34)cc2)CC1. The van der Waals surface area contributed by atoms with Gasteiger partial charge in [0.05, 0.1) is 31.0 Å². The molecule has 29 heavy (non-hydrogen) atoms. The first kappa shape index (κ1) is 20.8. The minimum absolute atomic E-state index is 0.509. The third kappa shape index (κ3) is 4.38. The van der Waals surface area contributed by atoms with Gasteiger partial charge in [-0.05, 0) is 43.4 Å². The maximum atomic E-state index is 12.8. The third-order valence-corrected chi connectivity index (χ3v) is 8.10. The Kier molecular flexibility index (Phi) is 6.29. The van der Waals surface area contributed by atoms with Gasteiger partial charge in [-0.15, -0.1) is 0 Å². The average molecular weight is 471 g/mol. The van der Waals surface area contributed by atoms with E-state index in [1.807, 2.05) is 4.31 Å². The molecule has 6 nitrogen and oxygen atoms in total. The van der Waals surface area contributed by atoms with E-state index in [4.69, 9.17) is 23.2 Å². The molecular formula is C19H20Cl2N4O2S2. The van der Waals surface area contributed by atoms with Crippen LogP contribution in [0.4, 0.5) is 5.69 Å². The molecule has 154 valence electrons. The highest BCUT2D eigenvalue weighted by Gasteiger charge is 2.20. The Morgan fingerprint density at radius 2 is 1.59 bits per heavy atom. The van der Waals surface area contributed by atoms with Crippen molar-refractivity contribution in [3.8, 4) is 0 Å². The number of aromatic nitrogens is 1. The highest BCUT2D eigenvalue weighted by molar-refractivity contribution is 7.86. The summed E-state index contributed by atoms with van der Waals surface area (Å²) in [6.07, 6.45) is 1.65. The smallest absolute Gasteiger partial charge is 0.150 e. The van der Waals surface area contributed by atoms with Crippen LogP contribution in [0.3, 0.4) is 0 Å². The summed E-state index contributed by atoms with van der Waals surface area (Å²) >= 11 is 12.4. The molecule has 2 aromatic carbocycles. The van der Waals surface area contributed by atoms with Gasteiger partial charge in [0.2, 0.25) is 0 Å². The number of hydrogen-bond donors (Lipinski definition) is 2. The van der Waals surface area contributed by atoms with Gasteiger partial charge in [0.25, 0.3) is 0 Å². The fraction of sp³-hybridized carbons (Fsp3) is 0.263. The number of aromatic amines is 1. The van der Waals surface area contributed by atoms with Crippen LogP contribution in [0.15, 0.2) is 52.4 Å². The molecule has 1 saturated heterocycles. The molecule has 2 heterocycles. The van der Waals surface area contributed by atoms with Crippen LogP contribution < -0.4 is 4.72 Å². The van der Waals surface area contributed by atoms with Crippen LogP contribution in [-0.2, 0) is 22.0 Å². The second-order valence-corrected chi connectivity index (χ2v) is 10.3. The number of H-pyrrole nitrogens is 1. The minimum atomic E-state index is -1.49. The maximum absolute atomic E-state index is 12.8. The molecule has 1 aliphatic rings. The number of nitrogens with zero attached hydrogens (tertiary/aromatic N) is 2. The summed E-state index contributed by atoms with van der Waals surface area (Å²) in [7, 11) is -0.641. The highest BCUT2D eigenvalue weighted by atomic mass is 35.5. The Labute approximate surface area is 184 Å². The highest BCUT2D eigenvalue weighted by Crippen LogP contribution is 2.35. The summed E-state index contributed by atoms with van der Waals surface area (Å²) < 4.78 is 30.5. The molecule has 0 amide bonds. The van der Waals surface area contributed by atoms with Gasteiger partial charge in [-0.2, -0.15) is 0 Å². The maximum Gasteiger partial charge on any atom is 0.150 e. The lowest BCUT2D eigenvalue weighted by molar-refractivity contribution is 0.228. The standard InChI is InChI=1S/C19H20Cl2N4O2S2/c1-24-8-10-25(11-9-24)29(27)14-4-2-13(3-5-14)28(26)23-17-7-6-15(20)18-16(21)12-22-19(17)18/h2-7,12,22-23H,8-11H2,1H3. The second-order valence-electron chi connectivity index (χ2n) is 6.81. The van der Waals surface area contributed by atoms with Gasteiger partial charge in [0.1, 0.15) is 22.0 Å². The first-order valence-corrected chi connectivity index (χ1v) is 12.0. The average Bonchev–Trinajstić information content (AvgIpc) is 3.13. The Bertz CT molecular complexity index is 1080. The summed E-state index contributed by atoms with van der Waals surface area (Å²) in [5.74, 6) is 0. The summed E-state index contributed by atoms with van der Waals surface area (Å²) in [5.41, 5.74) is 1.34. The number of rotatable bonds is 5. The molecule has 3 aromatic rings. The molecule has 2 unspecified atom stereocenters. The molecule has 2 atom stereocenters. The number of nitrogens with one attached hydrogen (secondary N) is 2. The van der Waals surface area contributed by atoms with Crippen LogP contribution in [0, 0.1) is 0 Å². The van der Waals surface area contributed by atoms with Crippen LogP contribution in [-0.4, -0.2) is 55.8 Å². The van der Waals surface area contributed by atoms with E-state index in [0.717, 1.165) is 26.2 Å². The van der Waals surface area contributed by atoms with Crippen molar-refractivity contribution in [3.63, 3.8) is 0 Å². The number of benzene rings is 2. The molecule has 0 bridgehead atoms. The largest absolute Gasteiger partial charge is 0.358 e. The van der Waals surface area contributed by atoms with Crippen molar-refractivity contribution in [1.82, 2.24) is 14.2 Å². The van der Waals surface area contributed by atoms with E-state index in [2.05, 4.69) is 21.7 Å². The number of piperazine rings is 1. The van der Waals surface area contributed by atoms with E-state index >= 15 is 0 Å². The van der Waals surface area contributed by atoms with Crippen molar-refractivity contribution >= 4 is 61.8 Å². The molecule has 10 heteroatoms. The Morgan fingerprint density at radius 1 is 0.931 bits per heavy atom. The number of hydrogen-bond acceptors (Lipinski definition) is 3. The summed E-state index contributed by atoms with van der Waals surface area (Å²) in [5, 5.41) is 1.72.